The van der Waals surface area contributed by atoms with Gasteiger partial charge in [-0.3, -0.25) is 19.5 Å². The van der Waals surface area contributed by atoms with E-state index >= 15 is 0 Å². The van der Waals surface area contributed by atoms with Crippen molar-refractivity contribution in [3.05, 3.63) is 100 Å². The van der Waals surface area contributed by atoms with E-state index in [0.29, 0.717) is 38.6 Å². The van der Waals surface area contributed by atoms with Crippen LogP contribution in [-0.2, 0) is 15.3 Å². The van der Waals surface area contributed by atoms with E-state index in [9.17, 15) is 14.7 Å². The Kier molecular flexibility index (Phi) is 7.73. The van der Waals surface area contributed by atoms with Gasteiger partial charge in [0.1, 0.15) is 11.5 Å². The summed E-state index contributed by atoms with van der Waals surface area (Å²) in [6.07, 6.45) is 3.01. The Bertz CT molecular complexity index is 1510. The molecule has 2 aromatic heterocycles. The standard InChI is InChI=1S/C27H21ClN4O4S2/c1-2-36-20-5-3-4-18(14-20)22-21(23(33)17-10-12-29-13-11-17)24(34)25(35)32(22)26-30-31-27(38-26)37-15-16-6-8-19(28)9-7-16/h3-14,22,33H,2,15H2,1H3/b23-21+. The third kappa shape index (κ3) is 5.28. The Hall–Kier alpha value is -3.73. The molecular weight excluding hydrogens is 544 g/mol. The van der Waals surface area contributed by atoms with Crippen molar-refractivity contribution in [1.82, 2.24) is 15.2 Å². The van der Waals surface area contributed by atoms with E-state index in [1.807, 2.05) is 31.2 Å². The number of thioether (sulfide) groups is 1. The van der Waals surface area contributed by atoms with Gasteiger partial charge in [-0.25, -0.2) is 0 Å². The number of aliphatic hydroxyl groups excluding tert-OH is 1. The van der Waals surface area contributed by atoms with Crippen LogP contribution in [0.2, 0.25) is 5.02 Å². The SMILES string of the molecule is CCOc1cccc(C2/C(=C(\O)c3ccncc3)C(=O)C(=O)N2c2nnc(SCc3ccc(Cl)cc3)s2)c1. The van der Waals surface area contributed by atoms with Crippen LogP contribution in [-0.4, -0.2) is 38.6 Å². The van der Waals surface area contributed by atoms with Crippen LogP contribution in [0.4, 0.5) is 5.13 Å². The monoisotopic (exact) mass is 564 g/mol. The minimum absolute atomic E-state index is 0.0413. The lowest BCUT2D eigenvalue weighted by molar-refractivity contribution is -0.132. The van der Waals surface area contributed by atoms with Gasteiger partial charge < -0.3 is 9.84 Å². The van der Waals surface area contributed by atoms with Crippen LogP contribution >= 0.6 is 34.7 Å². The normalized spacial score (nSPS) is 16.7. The van der Waals surface area contributed by atoms with Gasteiger partial charge in [-0.05, 0) is 54.4 Å². The largest absolute Gasteiger partial charge is 0.507 e. The van der Waals surface area contributed by atoms with E-state index in [-0.39, 0.29) is 16.5 Å². The van der Waals surface area contributed by atoms with Crippen molar-refractivity contribution in [3.63, 3.8) is 0 Å². The summed E-state index contributed by atoms with van der Waals surface area (Å²) in [7, 11) is 0. The molecule has 11 heteroatoms. The maximum atomic E-state index is 13.4. The van der Waals surface area contributed by atoms with Gasteiger partial charge in [0, 0.05) is 28.7 Å². The number of ketones is 1. The molecule has 5 rings (SSSR count). The topological polar surface area (TPSA) is 106 Å². The quantitative estimate of drug-likeness (QED) is 0.0926. The fourth-order valence-corrected chi connectivity index (χ4v) is 5.98. The van der Waals surface area contributed by atoms with E-state index in [0.717, 1.165) is 5.56 Å². The number of nitrogens with zero attached hydrogens (tertiary/aromatic N) is 4. The molecule has 1 aliphatic rings. The highest BCUT2D eigenvalue weighted by atomic mass is 35.5. The molecule has 0 radical (unpaired) electrons. The Balaban J connectivity index is 1.54. The number of aromatic nitrogens is 3. The van der Waals surface area contributed by atoms with Crippen molar-refractivity contribution in [2.75, 3.05) is 11.5 Å². The third-order valence-electron chi connectivity index (χ3n) is 5.76. The summed E-state index contributed by atoms with van der Waals surface area (Å²) < 4.78 is 6.29. The number of halogens is 1. The van der Waals surface area contributed by atoms with Gasteiger partial charge in [0.15, 0.2) is 4.34 Å². The lowest BCUT2D eigenvalue weighted by Gasteiger charge is -2.23. The Morgan fingerprint density at radius 2 is 1.87 bits per heavy atom. The highest BCUT2D eigenvalue weighted by Gasteiger charge is 2.48. The molecule has 0 spiro atoms. The van der Waals surface area contributed by atoms with Crippen LogP contribution in [0.25, 0.3) is 5.76 Å². The number of hydrogen-bond acceptors (Lipinski definition) is 9. The van der Waals surface area contributed by atoms with E-state index in [1.54, 1.807) is 36.4 Å². The number of rotatable bonds is 8. The molecule has 1 aliphatic heterocycles. The van der Waals surface area contributed by atoms with Gasteiger partial charge in [-0.15, -0.1) is 10.2 Å². The number of amides is 1. The van der Waals surface area contributed by atoms with E-state index < -0.39 is 17.7 Å². The molecule has 1 N–H and O–H groups in total. The first-order valence-electron chi connectivity index (χ1n) is 11.6. The number of ether oxygens (including phenoxy) is 1. The number of hydrogen-bond donors (Lipinski definition) is 1. The second kappa shape index (κ2) is 11.3. The highest BCUT2D eigenvalue weighted by Crippen LogP contribution is 2.44. The molecule has 0 bridgehead atoms. The summed E-state index contributed by atoms with van der Waals surface area (Å²) in [5.41, 5.74) is 1.99. The first-order chi connectivity index (χ1) is 18.5. The van der Waals surface area contributed by atoms with Crippen LogP contribution < -0.4 is 9.64 Å². The fraction of sp³-hybridized carbons (Fsp3) is 0.148. The lowest BCUT2D eigenvalue weighted by atomic mass is 9.95. The first-order valence-corrected chi connectivity index (χ1v) is 13.8. The summed E-state index contributed by atoms with van der Waals surface area (Å²) >= 11 is 8.63. The Labute approximate surface area is 232 Å². The summed E-state index contributed by atoms with van der Waals surface area (Å²) in [5.74, 6) is -0.681. The molecule has 1 saturated heterocycles. The minimum Gasteiger partial charge on any atom is -0.507 e. The van der Waals surface area contributed by atoms with Gasteiger partial charge in [-0.2, -0.15) is 0 Å². The molecule has 192 valence electrons. The molecule has 1 unspecified atom stereocenters. The number of Topliss-reactive ketones (excluding diaryl/α,β-unsaturated/α-hetero) is 1. The zero-order chi connectivity index (χ0) is 26.6. The number of carbonyl (C=O) groups excluding carboxylic acids is 2. The molecule has 38 heavy (non-hydrogen) atoms. The summed E-state index contributed by atoms with van der Waals surface area (Å²) in [6.45, 7) is 2.32. The van der Waals surface area contributed by atoms with Gasteiger partial charge >= 0.3 is 5.91 Å². The van der Waals surface area contributed by atoms with Crippen molar-refractivity contribution in [2.24, 2.45) is 0 Å². The van der Waals surface area contributed by atoms with Gasteiger partial charge in [0.25, 0.3) is 5.78 Å². The maximum absolute atomic E-state index is 13.4. The van der Waals surface area contributed by atoms with Crippen LogP contribution in [0.1, 0.15) is 29.7 Å². The molecule has 4 aromatic rings. The molecule has 1 amide bonds. The van der Waals surface area contributed by atoms with E-state index in [4.69, 9.17) is 16.3 Å². The van der Waals surface area contributed by atoms with Gasteiger partial charge in [0.2, 0.25) is 5.13 Å². The number of benzene rings is 2. The van der Waals surface area contributed by atoms with E-state index in [2.05, 4.69) is 15.2 Å². The van der Waals surface area contributed by atoms with E-state index in [1.165, 1.54) is 40.4 Å². The number of pyridine rings is 1. The maximum Gasteiger partial charge on any atom is 0.301 e. The van der Waals surface area contributed by atoms with Gasteiger partial charge in [-0.1, -0.05) is 59.0 Å². The van der Waals surface area contributed by atoms with Crippen LogP contribution in [0.5, 0.6) is 5.75 Å². The molecule has 2 aromatic carbocycles. The second-order valence-corrected chi connectivity index (χ2v) is 10.8. The molecular formula is C27H21ClN4O4S2. The Morgan fingerprint density at radius 3 is 2.61 bits per heavy atom. The predicted octanol–water partition coefficient (Wildman–Crippen LogP) is 5.90. The number of aliphatic hydroxyl groups is 1. The molecule has 8 nitrogen and oxygen atoms in total. The predicted molar refractivity (Wildman–Crippen MR) is 148 cm³/mol. The highest BCUT2D eigenvalue weighted by molar-refractivity contribution is 8.00. The summed E-state index contributed by atoms with van der Waals surface area (Å²) in [6, 6.07) is 16.8. The zero-order valence-electron chi connectivity index (χ0n) is 20.1. The minimum atomic E-state index is -0.925. The zero-order valence-corrected chi connectivity index (χ0v) is 22.5. The van der Waals surface area contributed by atoms with Crippen molar-refractivity contribution >= 4 is 57.3 Å². The molecule has 1 fully saturated rings. The van der Waals surface area contributed by atoms with Crippen LogP contribution in [0.15, 0.2) is 83.0 Å². The summed E-state index contributed by atoms with van der Waals surface area (Å²) in [5, 5.41) is 20.6. The number of anilines is 1. The summed E-state index contributed by atoms with van der Waals surface area (Å²) in [4.78, 5) is 32.0. The Morgan fingerprint density at radius 1 is 1.11 bits per heavy atom. The van der Waals surface area contributed by atoms with Crippen LogP contribution in [0, 0.1) is 0 Å². The fourth-order valence-electron chi connectivity index (χ4n) is 4.04. The van der Waals surface area contributed by atoms with Crippen LogP contribution in [0.3, 0.4) is 0 Å². The molecule has 3 heterocycles. The molecule has 0 saturated carbocycles. The van der Waals surface area contributed by atoms with Crippen molar-refractivity contribution in [2.45, 2.75) is 23.1 Å². The average molecular weight is 565 g/mol. The van der Waals surface area contributed by atoms with Gasteiger partial charge in [0.05, 0.1) is 18.2 Å². The molecule has 0 aliphatic carbocycles. The van der Waals surface area contributed by atoms with Crippen molar-refractivity contribution in [3.8, 4) is 5.75 Å². The van der Waals surface area contributed by atoms with Crippen molar-refractivity contribution in [1.29, 1.82) is 0 Å². The number of carbonyl (C=O) groups is 2. The lowest BCUT2D eigenvalue weighted by Crippen LogP contribution is -2.29. The smallest absolute Gasteiger partial charge is 0.301 e. The second-order valence-electron chi connectivity index (χ2n) is 8.18. The average Bonchev–Trinajstić information content (AvgIpc) is 3.51. The first kappa shape index (κ1) is 25.9. The van der Waals surface area contributed by atoms with Crippen molar-refractivity contribution < 1.29 is 19.4 Å². The third-order valence-corrected chi connectivity index (χ3v) is 8.14. The molecule has 1 atom stereocenters.